The van der Waals surface area contributed by atoms with Gasteiger partial charge in [-0.2, -0.15) is 0 Å². The minimum Gasteiger partial charge on any atom is -0.495 e. The van der Waals surface area contributed by atoms with Gasteiger partial charge in [0.05, 0.1) is 18.4 Å². The predicted octanol–water partition coefficient (Wildman–Crippen LogP) is 2.24. The first-order chi connectivity index (χ1) is 8.04. The second-order valence-corrected chi connectivity index (χ2v) is 4.24. The van der Waals surface area contributed by atoms with E-state index < -0.39 is 5.60 Å². The van der Waals surface area contributed by atoms with Crippen LogP contribution in [0.4, 0.5) is 11.4 Å². The number of ether oxygens (including phenoxy) is 1. The van der Waals surface area contributed by atoms with Crippen LogP contribution in [0.2, 0.25) is 0 Å². The summed E-state index contributed by atoms with van der Waals surface area (Å²) >= 11 is 0. The van der Waals surface area contributed by atoms with Gasteiger partial charge in [-0.25, -0.2) is 0 Å². The number of hydrogen-bond donors (Lipinski definition) is 3. The minimum atomic E-state index is -0.658. The average Bonchev–Trinajstić information content (AvgIpc) is 2.37. The third kappa shape index (κ3) is 3.53. The lowest BCUT2D eigenvalue weighted by atomic mass is 9.97. The van der Waals surface area contributed by atoms with Gasteiger partial charge in [0.15, 0.2) is 0 Å². The highest BCUT2D eigenvalue weighted by Gasteiger charge is 2.21. The van der Waals surface area contributed by atoms with Crippen LogP contribution in [-0.2, 0) is 0 Å². The van der Waals surface area contributed by atoms with Gasteiger partial charge in [0.1, 0.15) is 5.75 Å². The van der Waals surface area contributed by atoms with Gasteiger partial charge in [-0.1, -0.05) is 13.8 Å². The molecule has 0 aliphatic heterocycles. The van der Waals surface area contributed by atoms with Crippen LogP contribution in [0.15, 0.2) is 18.2 Å². The van der Waals surface area contributed by atoms with Crippen LogP contribution in [0.25, 0.3) is 0 Å². The van der Waals surface area contributed by atoms with Crippen LogP contribution in [0, 0.1) is 0 Å². The van der Waals surface area contributed by atoms with Crippen molar-refractivity contribution in [3.05, 3.63) is 18.2 Å². The zero-order valence-corrected chi connectivity index (χ0v) is 10.8. The largest absolute Gasteiger partial charge is 0.495 e. The summed E-state index contributed by atoms with van der Waals surface area (Å²) in [5, 5.41) is 13.4. The molecular formula is C13H22N2O2. The van der Waals surface area contributed by atoms with E-state index in [0.717, 1.165) is 18.5 Å². The van der Waals surface area contributed by atoms with Crippen molar-refractivity contribution in [2.45, 2.75) is 32.3 Å². The van der Waals surface area contributed by atoms with Gasteiger partial charge in [0.25, 0.3) is 0 Å². The van der Waals surface area contributed by atoms with Gasteiger partial charge in [0.2, 0.25) is 0 Å². The van der Waals surface area contributed by atoms with Crippen molar-refractivity contribution < 1.29 is 9.84 Å². The molecule has 0 aliphatic rings. The van der Waals surface area contributed by atoms with Crippen molar-refractivity contribution >= 4 is 11.4 Å². The Morgan fingerprint density at radius 2 is 2.00 bits per heavy atom. The van der Waals surface area contributed by atoms with Crippen molar-refractivity contribution in [2.75, 3.05) is 24.7 Å². The minimum absolute atomic E-state index is 0.521. The summed E-state index contributed by atoms with van der Waals surface area (Å²) in [5.74, 6) is 0.645. The Kier molecular flexibility index (Phi) is 4.63. The lowest BCUT2D eigenvalue weighted by molar-refractivity contribution is 0.0457. The second kappa shape index (κ2) is 5.77. The molecule has 1 aromatic carbocycles. The summed E-state index contributed by atoms with van der Waals surface area (Å²) in [7, 11) is 1.59. The van der Waals surface area contributed by atoms with Crippen molar-refractivity contribution in [3.63, 3.8) is 0 Å². The summed E-state index contributed by atoms with van der Waals surface area (Å²) in [6.45, 7) is 4.48. The quantitative estimate of drug-likeness (QED) is 0.665. The first-order valence-electron chi connectivity index (χ1n) is 5.94. The van der Waals surface area contributed by atoms with Crippen LogP contribution < -0.4 is 15.8 Å². The first-order valence-corrected chi connectivity index (χ1v) is 5.94. The van der Waals surface area contributed by atoms with E-state index in [-0.39, 0.29) is 0 Å². The van der Waals surface area contributed by atoms with Crippen LogP contribution in [0.1, 0.15) is 26.7 Å². The molecular weight excluding hydrogens is 216 g/mol. The Hall–Kier alpha value is -1.42. The number of nitrogen functional groups attached to an aromatic ring is 1. The smallest absolute Gasteiger partial charge is 0.143 e. The zero-order chi connectivity index (χ0) is 12.9. The molecule has 0 saturated heterocycles. The van der Waals surface area contributed by atoms with Crippen LogP contribution in [0.3, 0.4) is 0 Å². The van der Waals surface area contributed by atoms with E-state index in [9.17, 15) is 5.11 Å². The van der Waals surface area contributed by atoms with Gasteiger partial charge in [-0.05, 0) is 25.0 Å². The molecule has 0 bridgehead atoms. The van der Waals surface area contributed by atoms with Crippen LogP contribution in [0.5, 0.6) is 5.75 Å². The average molecular weight is 238 g/mol. The molecule has 1 aromatic rings. The predicted molar refractivity (Wildman–Crippen MR) is 71.4 cm³/mol. The summed E-state index contributed by atoms with van der Waals surface area (Å²) in [4.78, 5) is 0. The van der Waals surface area contributed by atoms with Gasteiger partial charge < -0.3 is 20.9 Å². The third-order valence-electron chi connectivity index (χ3n) is 3.17. The Morgan fingerprint density at radius 3 is 2.53 bits per heavy atom. The number of benzene rings is 1. The van der Waals surface area contributed by atoms with E-state index >= 15 is 0 Å². The van der Waals surface area contributed by atoms with E-state index in [1.807, 2.05) is 26.0 Å². The zero-order valence-electron chi connectivity index (χ0n) is 10.8. The fourth-order valence-electron chi connectivity index (χ4n) is 1.59. The maximum absolute atomic E-state index is 10.2. The topological polar surface area (TPSA) is 67.5 Å². The number of anilines is 2. The molecule has 0 unspecified atom stereocenters. The number of rotatable bonds is 6. The number of nitrogens with two attached hydrogens (primary N) is 1. The molecule has 4 N–H and O–H groups in total. The Balaban J connectivity index is 2.69. The van der Waals surface area contributed by atoms with Crippen LogP contribution >= 0.6 is 0 Å². The maximum atomic E-state index is 10.2. The third-order valence-corrected chi connectivity index (χ3v) is 3.17. The van der Waals surface area contributed by atoms with Crippen molar-refractivity contribution in [3.8, 4) is 5.75 Å². The molecule has 0 atom stereocenters. The molecule has 4 heteroatoms. The second-order valence-electron chi connectivity index (χ2n) is 4.24. The van der Waals surface area contributed by atoms with Crippen molar-refractivity contribution in [1.82, 2.24) is 0 Å². The molecule has 1 rings (SSSR count). The van der Waals surface area contributed by atoms with E-state index in [1.165, 1.54) is 0 Å². The van der Waals surface area contributed by atoms with Gasteiger partial charge >= 0.3 is 0 Å². The molecule has 0 amide bonds. The molecule has 17 heavy (non-hydrogen) atoms. The van der Waals surface area contributed by atoms with Crippen LogP contribution in [-0.4, -0.2) is 24.4 Å². The molecule has 0 fully saturated rings. The summed E-state index contributed by atoms with van der Waals surface area (Å²) in [6.07, 6.45) is 1.45. The van der Waals surface area contributed by atoms with E-state index in [0.29, 0.717) is 18.0 Å². The van der Waals surface area contributed by atoms with Crippen molar-refractivity contribution in [2.24, 2.45) is 0 Å². The number of methoxy groups -OCH3 is 1. The highest BCUT2D eigenvalue weighted by atomic mass is 16.5. The maximum Gasteiger partial charge on any atom is 0.143 e. The lowest BCUT2D eigenvalue weighted by Gasteiger charge is -2.26. The molecule has 0 aromatic heterocycles. The lowest BCUT2D eigenvalue weighted by Crippen LogP contribution is -2.35. The van der Waals surface area contributed by atoms with Crippen molar-refractivity contribution in [1.29, 1.82) is 0 Å². The molecule has 96 valence electrons. The number of aliphatic hydroxyl groups is 1. The molecule has 0 spiro atoms. The van der Waals surface area contributed by atoms with Gasteiger partial charge in [-0.15, -0.1) is 0 Å². The van der Waals surface area contributed by atoms with Gasteiger partial charge in [-0.3, -0.25) is 0 Å². The molecule has 0 aliphatic carbocycles. The molecule has 4 nitrogen and oxygen atoms in total. The first kappa shape index (κ1) is 13.6. The standard InChI is InChI=1S/C13H22N2O2/c1-4-13(16,5-2)9-15-10-6-7-11(14)12(8-10)17-3/h6-8,15-16H,4-5,9,14H2,1-3H3. The van der Waals surface area contributed by atoms with E-state index in [1.54, 1.807) is 13.2 Å². The summed E-state index contributed by atoms with van der Waals surface area (Å²) in [5.41, 5.74) is 6.58. The van der Waals surface area contributed by atoms with Gasteiger partial charge in [0, 0.05) is 18.3 Å². The van der Waals surface area contributed by atoms with E-state index in [4.69, 9.17) is 10.5 Å². The SMILES string of the molecule is CCC(O)(CC)CNc1ccc(N)c(OC)c1. The van der Waals surface area contributed by atoms with E-state index in [2.05, 4.69) is 5.32 Å². The Bertz CT molecular complexity index is 362. The summed E-state index contributed by atoms with van der Waals surface area (Å²) in [6, 6.07) is 5.50. The molecule has 0 radical (unpaired) electrons. The molecule has 0 heterocycles. The monoisotopic (exact) mass is 238 g/mol. The number of hydrogen-bond acceptors (Lipinski definition) is 4. The Morgan fingerprint density at radius 1 is 1.35 bits per heavy atom. The number of nitrogens with one attached hydrogen (secondary N) is 1. The highest BCUT2D eigenvalue weighted by Crippen LogP contribution is 2.25. The fourth-order valence-corrected chi connectivity index (χ4v) is 1.59. The normalized spacial score (nSPS) is 11.3. The molecule has 0 saturated carbocycles. The Labute approximate surface area is 103 Å². The summed E-state index contributed by atoms with van der Waals surface area (Å²) < 4.78 is 5.14. The highest BCUT2D eigenvalue weighted by molar-refractivity contribution is 5.61. The fraction of sp³-hybridized carbons (Fsp3) is 0.538.